The van der Waals surface area contributed by atoms with Gasteiger partial charge in [0.15, 0.2) is 0 Å². The van der Waals surface area contributed by atoms with Crippen molar-refractivity contribution in [3.8, 4) is 33.6 Å². The van der Waals surface area contributed by atoms with Crippen LogP contribution in [0.5, 0.6) is 0 Å². The van der Waals surface area contributed by atoms with Crippen molar-refractivity contribution in [2.24, 2.45) is 0 Å². The van der Waals surface area contributed by atoms with Crippen molar-refractivity contribution >= 4 is 131 Å². The number of hydrogen-bond acceptors (Lipinski definition) is 0. The minimum absolute atomic E-state index is 1.17. The standard InChI is InChI=1S/C70H40N4/c1-3-17-44(18-4-1)71-58-30-11-9-22-48(58)56-39-42(32-34-60(56)71)47-24-13-25-50-51-26-14-28-53-65-62(73(67(47)50)68(51)53)36-37-63-66(65)54-29-15-27-52-64-46-21-8-7-16-41(46)38-55(70(64)74(63)69(52)54)43-33-35-61-57(40-43)49-23-10-12-31-59(49)72(61)45-19-5-2-6-20-45/h1-40H. The zero-order valence-electron chi connectivity index (χ0n) is 39.9. The molecule has 4 heteroatoms. The smallest absolute Gasteiger partial charge is 0.0626 e. The Morgan fingerprint density at radius 1 is 0.216 bits per heavy atom. The maximum atomic E-state index is 2.62. The van der Waals surface area contributed by atoms with Gasteiger partial charge in [-0.3, -0.25) is 0 Å². The molecule has 0 saturated carbocycles. The molecule has 0 fully saturated rings. The van der Waals surface area contributed by atoms with Crippen LogP contribution in [0.1, 0.15) is 0 Å². The third kappa shape index (κ3) is 4.79. The number of para-hydroxylation sites is 7. The molecule has 4 nitrogen and oxygen atoms in total. The van der Waals surface area contributed by atoms with Gasteiger partial charge in [-0.2, -0.15) is 0 Å². The number of benzene rings is 12. The molecule has 0 atom stereocenters. The van der Waals surface area contributed by atoms with Crippen LogP contribution in [0.2, 0.25) is 0 Å². The van der Waals surface area contributed by atoms with Gasteiger partial charge in [0.05, 0.1) is 55.2 Å². The average molecular weight is 937 g/mol. The van der Waals surface area contributed by atoms with Crippen LogP contribution < -0.4 is 0 Å². The van der Waals surface area contributed by atoms with E-state index in [0.29, 0.717) is 0 Å². The molecule has 0 saturated heterocycles. The van der Waals surface area contributed by atoms with Gasteiger partial charge in [-0.15, -0.1) is 0 Å². The molecule has 0 aliphatic carbocycles. The van der Waals surface area contributed by atoms with Crippen LogP contribution in [0.4, 0.5) is 0 Å². The molecule has 6 heterocycles. The Kier molecular flexibility index (Phi) is 7.31. The second-order valence-electron chi connectivity index (χ2n) is 20.3. The van der Waals surface area contributed by atoms with Crippen molar-refractivity contribution < 1.29 is 0 Å². The largest absolute Gasteiger partial charge is 0.309 e. The van der Waals surface area contributed by atoms with Crippen molar-refractivity contribution in [2.75, 3.05) is 0 Å². The Morgan fingerprint density at radius 3 is 1.24 bits per heavy atom. The van der Waals surface area contributed by atoms with Gasteiger partial charge in [-0.25, -0.2) is 0 Å². The number of hydrogen-bond donors (Lipinski definition) is 0. The highest BCUT2D eigenvalue weighted by Gasteiger charge is 2.27. The van der Waals surface area contributed by atoms with Gasteiger partial charge >= 0.3 is 0 Å². The maximum absolute atomic E-state index is 2.62. The summed E-state index contributed by atoms with van der Waals surface area (Å²) in [7, 11) is 0. The Bertz CT molecular complexity index is 5420. The first-order valence-corrected chi connectivity index (χ1v) is 25.7. The Morgan fingerprint density at radius 2 is 0.635 bits per heavy atom. The summed E-state index contributed by atoms with van der Waals surface area (Å²) < 4.78 is 10.0. The molecular formula is C70H40N4. The Balaban J connectivity index is 0.927. The van der Waals surface area contributed by atoms with E-state index in [1.54, 1.807) is 0 Å². The zero-order valence-corrected chi connectivity index (χ0v) is 39.9. The summed E-state index contributed by atoms with van der Waals surface area (Å²) in [6.45, 7) is 0. The lowest BCUT2D eigenvalue weighted by Crippen LogP contribution is -1.93. The molecule has 74 heavy (non-hydrogen) atoms. The van der Waals surface area contributed by atoms with Crippen LogP contribution in [0.3, 0.4) is 0 Å². The minimum atomic E-state index is 1.17. The SMILES string of the molecule is c1ccc(-n2c3ccccc3c3cc(-c4cccc5c6cccc7c8c9c%10cccc%11c%12c%13ccccc%13cc(-c%13ccc%14c(c%13)c%13ccccc%13n%14-c%13ccccc%13)c%12n(c9ccc8n(c45)c67)c%10%11)ccc32)cc1. The van der Waals surface area contributed by atoms with E-state index in [9.17, 15) is 0 Å². The van der Waals surface area contributed by atoms with Gasteiger partial charge in [0, 0.05) is 87.1 Å². The first-order valence-electron chi connectivity index (χ1n) is 25.7. The molecule has 18 aromatic rings. The molecule has 0 unspecified atom stereocenters. The molecule has 0 amide bonds. The summed E-state index contributed by atoms with van der Waals surface area (Å²) in [4.78, 5) is 0. The van der Waals surface area contributed by atoms with Crippen LogP contribution >= 0.6 is 0 Å². The van der Waals surface area contributed by atoms with E-state index >= 15 is 0 Å². The zero-order chi connectivity index (χ0) is 47.9. The van der Waals surface area contributed by atoms with E-state index in [1.807, 2.05) is 0 Å². The minimum Gasteiger partial charge on any atom is -0.309 e. The van der Waals surface area contributed by atoms with Crippen molar-refractivity contribution in [1.29, 1.82) is 0 Å². The van der Waals surface area contributed by atoms with Crippen molar-refractivity contribution in [2.45, 2.75) is 0 Å². The van der Waals surface area contributed by atoms with Gasteiger partial charge in [0.25, 0.3) is 0 Å². The fraction of sp³-hybridized carbons (Fsp3) is 0. The van der Waals surface area contributed by atoms with Crippen LogP contribution in [0.15, 0.2) is 243 Å². The summed E-state index contributed by atoms with van der Waals surface area (Å²) in [5, 5.41) is 17.9. The lowest BCUT2D eigenvalue weighted by molar-refractivity contribution is 1.18. The number of fused-ring (bicyclic) bond motifs is 21. The summed E-state index contributed by atoms with van der Waals surface area (Å²) in [5.41, 5.74) is 19.6. The molecular weight excluding hydrogens is 897 g/mol. The maximum Gasteiger partial charge on any atom is 0.0626 e. The molecule has 18 rings (SSSR count). The topological polar surface area (TPSA) is 18.7 Å². The summed E-state index contributed by atoms with van der Waals surface area (Å²) >= 11 is 0. The lowest BCUT2D eigenvalue weighted by Gasteiger charge is -2.12. The van der Waals surface area contributed by atoms with Gasteiger partial charge in [0.2, 0.25) is 0 Å². The summed E-state index contributed by atoms with van der Waals surface area (Å²) in [6.07, 6.45) is 0. The van der Waals surface area contributed by atoms with Gasteiger partial charge in [-0.05, 0) is 101 Å². The fourth-order valence-corrected chi connectivity index (χ4v) is 13.9. The van der Waals surface area contributed by atoms with E-state index in [-0.39, 0.29) is 0 Å². The molecule has 0 aliphatic heterocycles. The van der Waals surface area contributed by atoms with Gasteiger partial charge in [-0.1, -0.05) is 164 Å². The van der Waals surface area contributed by atoms with E-state index in [4.69, 9.17) is 0 Å². The predicted molar refractivity (Wildman–Crippen MR) is 313 cm³/mol. The highest BCUT2D eigenvalue weighted by molar-refractivity contribution is 6.38. The molecule has 0 N–H and O–H groups in total. The molecule has 6 aromatic heterocycles. The van der Waals surface area contributed by atoms with E-state index in [1.165, 1.54) is 164 Å². The van der Waals surface area contributed by atoms with Crippen LogP contribution in [-0.4, -0.2) is 17.9 Å². The van der Waals surface area contributed by atoms with Crippen LogP contribution in [-0.2, 0) is 0 Å². The summed E-state index contributed by atoms with van der Waals surface area (Å²) in [5.74, 6) is 0. The highest BCUT2D eigenvalue weighted by Crippen LogP contribution is 2.51. The molecule has 0 spiro atoms. The fourth-order valence-electron chi connectivity index (χ4n) is 13.9. The Labute approximate surface area is 422 Å². The molecule has 12 aromatic carbocycles. The van der Waals surface area contributed by atoms with E-state index < -0.39 is 0 Å². The van der Waals surface area contributed by atoms with E-state index in [2.05, 4.69) is 261 Å². The quantitative estimate of drug-likeness (QED) is 0.167. The molecule has 0 radical (unpaired) electrons. The third-order valence-corrected chi connectivity index (χ3v) is 16.8. The second-order valence-corrected chi connectivity index (χ2v) is 20.3. The van der Waals surface area contributed by atoms with Crippen LogP contribution in [0, 0.1) is 0 Å². The van der Waals surface area contributed by atoms with Crippen molar-refractivity contribution in [1.82, 2.24) is 17.9 Å². The molecule has 0 bridgehead atoms. The number of aromatic nitrogens is 4. The number of nitrogens with zero attached hydrogens (tertiary/aromatic N) is 4. The molecule has 0 aliphatic rings. The first kappa shape index (κ1) is 38.8. The average Bonchev–Trinajstić information content (AvgIpc) is 4.31. The molecule has 340 valence electrons. The van der Waals surface area contributed by atoms with E-state index in [0.717, 1.165) is 0 Å². The van der Waals surface area contributed by atoms with Crippen molar-refractivity contribution in [3.05, 3.63) is 243 Å². The van der Waals surface area contributed by atoms with Crippen molar-refractivity contribution in [3.63, 3.8) is 0 Å². The monoisotopic (exact) mass is 936 g/mol. The normalized spacial score (nSPS) is 12.6. The van der Waals surface area contributed by atoms with Gasteiger partial charge < -0.3 is 17.9 Å². The second kappa shape index (κ2) is 13.9. The number of rotatable bonds is 4. The first-order chi connectivity index (χ1) is 36.8. The van der Waals surface area contributed by atoms with Gasteiger partial charge in [0.1, 0.15) is 0 Å². The highest BCUT2D eigenvalue weighted by atomic mass is 15.0. The Hall–Kier alpha value is -9.90. The predicted octanol–water partition coefficient (Wildman–Crippen LogP) is 18.7. The lowest BCUT2D eigenvalue weighted by atomic mass is 9.94. The summed E-state index contributed by atoms with van der Waals surface area (Å²) in [6, 6.07) is 90.5. The third-order valence-electron chi connectivity index (χ3n) is 16.8. The van der Waals surface area contributed by atoms with Crippen LogP contribution in [0.25, 0.3) is 164 Å².